The molecular weight excluding hydrogens is 120 g/mol. The molecule has 0 amide bonds. The number of allylic oxidation sites excluding steroid dienone is 8. The van der Waals surface area contributed by atoms with Gasteiger partial charge in [0.25, 0.3) is 0 Å². The fourth-order valence-electron chi connectivity index (χ4n) is 2.60. The van der Waals surface area contributed by atoms with E-state index >= 15 is 0 Å². The highest BCUT2D eigenvalue weighted by Gasteiger charge is 2.45. The number of hydrogen-bond acceptors (Lipinski definition) is 0. The second kappa shape index (κ2) is 0.878. The van der Waals surface area contributed by atoms with Crippen LogP contribution in [0.3, 0.4) is 0 Å². The number of hydrogen-bond donors (Lipinski definition) is 0. The Hall–Kier alpha value is -1.04. The highest BCUT2D eigenvalue weighted by Crippen LogP contribution is 2.62. The van der Waals surface area contributed by atoms with Crippen molar-refractivity contribution in [2.24, 2.45) is 0 Å². The zero-order valence-electron chi connectivity index (χ0n) is 5.57. The molecule has 0 saturated heterocycles. The summed E-state index contributed by atoms with van der Waals surface area (Å²) in [6, 6.07) is 0. The van der Waals surface area contributed by atoms with E-state index in [9.17, 15) is 0 Å². The standard InChI is InChI=1S/C10H6/c1-2-6-4-8-7-3-5(1)9(8)10(6)7/h3-4H,1-2H2. The first-order valence-corrected chi connectivity index (χ1v) is 3.86. The van der Waals surface area contributed by atoms with Crippen LogP contribution in [0.1, 0.15) is 12.8 Å². The van der Waals surface area contributed by atoms with E-state index < -0.39 is 0 Å². The van der Waals surface area contributed by atoms with Gasteiger partial charge in [0.15, 0.2) is 0 Å². The Morgan fingerprint density at radius 3 is 1.80 bits per heavy atom. The van der Waals surface area contributed by atoms with Crippen LogP contribution in [0.25, 0.3) is 0 Å². The second-order valence-electron chi connectivity index (χ2n) is 3.42. The lowest BCUT2D eigenvalue weighted by Gasteiger charge is -2.21. The molecule has 0 N–H and O–H groups in total. The minimum absolute atomic E-state index is 1.30. The maximum Gasteiger partial charge on any atom is -0.00636 e. The van der Waals surface area contributed by atoms with Gasteiger partial charge in [0.2, 0.25) is 0 Å². The third-order valence-corrected chi connectivity index (χ3v) is 3.02. The Kier molecular flexibility index (Phi) is 0.348. The van der Waals surface area contributed by atoms with E-state index in [1.165, 1.54) is 12.8 Å². The van der Waals surface area contributed by atoms with Crippen molar-refractivity contribution in [1.29, 1.82) is 0 Å². The molecule has 0 nitrogen and oxygen atoms in total. The van der Waals surface area contributed by atoms with Gasteiger partial charge < -0.3 is 0 Å². The van der Waals surface area contributed by atoms with E-state index in [4.69, 9.17) is 0 Å². The van der Waals surface area contributed by atoms with E-state index in [-0.39, 0.29) is 0 Å². The van der Waals surface area contributed by atoms with Gasteiger partial charge in [0, 0.05) is 0 Å². The molecular formula is C10H6. The molecule has 6 bridgehead atoms. The fourth-order valence-corrected chi connectivity index (χ4v) is 2.60. The lowest BCUT2D eigenvalue weighted by atomic mass is 9.81. The van der Waals surface area contributed by atoms with Gasteiger partial charge in [-0.15, -0.1) is 0 Å². The highest BCUT2D eigenvalue weighted by atomic mass is 14.5. The van der Waals surface area contributed by atoms with Crippen LogP contribution in [0, 0.1) is 0 Å². The monoisotopic (exact) mass is 126 g/mol. The van der Waals surface area contributed by atoms with E-state index in [2.05, 4.69) is 12.2 Å². The van der Waals surface area contributed by atoms with Gasteiger partial charge in [-0.25, -0.2) is 0 Å². The summed E-state index contributed by atoms with van der Waals surface area (Å²) in [4.78, 5) is 0. The minimum atomic E-state index is 1.30. The van der Waals surface area contributed by atoms with Crippen molar-refractivity contribution in [2.45, 2.75) is 12.8 Å². The van der Waals surface area contributed by atoms with Crippen LogP contribution in [0.4, 0.5) is 0 Å². The molecule has 46 valence electrons. The van der Waals surface area contributed by atoms with E-state index in [0.717, 1.165) is 0 Å². The Labute approximate surface area is 59.2 Å². The lowest BCUT2D eigenvalue weighted by molar-refractivity contribution is 0.951. The van der Waals surface area contributed by atoms with Gasteiger partial charge >= 0.3 is 0 Å². The van der Waals surface area contributed by atoms with Crippen molar-refractivity contribution in [1.82, 2.24) is 0 Å². The second-order valence-corrected chi connectivity index (χ2v) is 3.42. The summed E-state index contributed by atoms with van der Waals surface area (Å²) < 4.78 is 0. The average molecular weight is 126 g/mol. The first-order chi connectivity index (χ1) is 4.95. The normalized spacial score (nSPS) is 29.6. The molecule has 0 heterocycles. The van der Waals surface area contributed by atoms with Crippen LogP contribution in [-0.4, -0.2) is 0 Å². The molecule has 0 heteroatoms. The summed E-state index contributed by atoms with van der Waals surface area (Å²) in [5.41, 5.74) is 9.62. The highest BCUT2D eigenvalue weighted by molar-refractivity contribution is 5.94. The van der Waals surface area contributed by atoms with E-state index in [1.807, 2.05) is 0 Å². The number of rotatable bonds is 0. The quantitative estimate of drug-likeness (QED) is 0.467. The maximum absolute atomic E-state index is 2.39. The molecule has 0 aromatic heterocycles. The topological polar surface area (TPSA) is 0 Å². The van der Waals surface area contributed by atoms with Gasteiger partial charge in [-0.3, -0.25) is 0 Å². The Morgan fingerprint density at radius 1 is 0.800 bits per heavy atom. The van der Waals surface area contributed by atoms with Gasteiger partial charge in [-0.1, -0.05) is 0 Å². The molecule has 6 rings (SSSR count). The van der Waals surface area contributed by atoms with Crippen molar-refractivity contribution in [3.05, 3.63) is 45.6 Å². The fraction of sp³-hybridized carbons (Fsp3) is 0.200. The van der Waals surface area contributed by atoms with Crippen molar-refractivity contribution in [3.63, 3.8) is 0 Å². The van der Waals surface area contributed by atoms with Crippen LogP contribution in [0.5, 0.6) is 0 Å². The summed E-state index contributed by atoms with van der Waals surface area (Å²) in [6.45, 7) is 0. The molecule has 1 saturated carbocycles. The van der Waals surface area contributed by atoms with Crippen LogP contribution in [0.15, 0.2) is 45.6 Å². The lowest BCUT2D eigenvalue weighted by Crippen LogP contribution is -2.05. The van der Waals surface area contributed by atoms with E-state index in [0.29, 0.717) is 0 Å². The summed E-state index contributed by atoms with van der Waals surface area (Å²) in [6.07, 6.45) is 7.38. The predicted octanol–water partition coefficient (Wildman–Crippen LogP) is 2.27. The first-order valence-electron chi connectivity index (χ1n) is 3.86. The van der Waals surface area contributed by atoms with Gasteiger partial charge in [-0.2, -0.15) is 0 Å². The molecule has 6 aliphatic rings. The Bertz CT molecular complexity index is 358. The molecule has 6 aliphatic carbocycles. The first kappa shape index (κ1) is 3.97. The third-order valence-electron chi connectivity index (χ3n) is 3.02. The molecule has 0 unspecified atom stereocenters. The third kappa shape index (κ3) is 0.191. The molecule has 0 radical (unpaired) electrons. The zero-order chi connectivity index (χ0) is 6.29. The average Bonchev–Trinajstić information content (AvgIpc) is 2.47. The summed E-state index contributed by atoms with van der Waals surface area (Å²) in [5.74, 6) is 0. The van der Waals surface area contributed by atoms with Gasteiger partial charge in [0.05, 0.1) is 0 Å². The summed E-state index contributed by atoms with van der Waals surface area (Å²) in [5, 5.41) is 0. The van der Waals surface area contributed by atoms with Crippen LogP contribution in [0.2, 0.25) is 0 Å². The van der Waals surface area contributed by atoms with Crippen molar-refractivity contribution >= 4 is 0 Å². The van der Waals surface area contributed by atoms with E-state index in [1.54, 1.807) is 33.4 Å². The summed E-state index contributed by atoms with van der Waals surface area (Å²) in [7, 11) is 0. The van der Waals surface area contributed by atoms with Crippen molar-refractivity contribution < 1.29 is 0 Å². The van der Waals surface area contributed by atoms with Gasteiger partial charge in [0.1, 0.15) is 0 Å². The predicted molar refractivity (Wildman–Crippen MR) is 39.5 cm³/mol. The van der Waals surface area contributed by atoms with Gasteiger partial charge in [-0.05, 0) is 58.4 Å². The SMILES string of the molecule is C1=C2C3=CC4=C2C3=C1CC4. The minimum Gasteiger partial charge on any atom is -0.0498 e. The molecule has 0 atom stereocenters. The molecule has 0 aromatic carbocycles. The smallest absolute Gasteiger partial charge is 0.00636 e. The van der Waals surface area contributed by atoms with Crippen molar-refractivity contribution in [3.8, 4) is 0 Å². The molecule has 0 aromatic rings. The maximum atomic E-state index is 2.39. The van der Waals surface area contributed by atoms with Crippen LogP contribution >= 0.6 is 0 Å². The van der Waals surface area contributed by atoms with Crippen LogP contribution < -0.4 is 0 Å². The van der Waals surface area contributed by atoms with Crippen molar-refractivity contribution in [2.75, 3.05) is 0 Å². The Morgan fingerprint density at radius 2 is 1.30 bits per heavy atom. The molecule has 10 heavy (non-hydrogen) atoms. The molecule has 0 aliphatic heterocycles. The zero-order valence-corrected chi connectivity index (χ0v) is 5.57. The van der Waals surface area contributed by atoms with Crippen LogP contribution in [-0.2, 0) is 0 Å². The molecule has 0 spiro atoms. The largest absolute Gasteiger partial charge is 0.0498 e. The summed E-state index contributed by atoms with van der Waals surface area (Å²) >= 11 is 0. The Balaban J connectivity index is 2.39. The molecule has 1 fully saturated rings.